The molecule has 0 spiro atoms. The van der Waals surface area contributed by atoms with E-state index in [1.54, 1.807) is 13.2 Å². The zero-order chi connectivity index (χ0) is 12.3. The van der Waals surface area contributed by atoms with Gasteiger partial charge in [-0.2, -0.15) is 0 Å². The van der Waals surface area contributed by atoms with Gasteiger partial charge in [-0.25, -0.2) is 0 Å². The fourth-order valence-electron chi connectivity index (χ4n) is 1.96. The third-order valence-electron chi connectivity index (χ3n) is 2.94. The van der Waals surface area contributed by atoms with Crippen molar-refractivity contribution in [3.63, 3.8) is 0 Å². The fraction of sp³-hybridized carbons (Fsp3) is 0.200. The van der Waals surface area contributed by atoms with Gasteiger partial charge in [-0.3, -0.25) is 0 Å². The predicted octanol–water partition coefficient (Wildman–Crippen LogP) is 2.90. The molecule has 0 saturated heterocycles. The molecule has 17 heavy (non-hydrogen) atoms. The van der Waals surface area contributed by atoms with Gasteiger partial charge in [0.05, 0.1) is 7.11 Å². The van der Waals surface area contributed by atoms with E-state index in [0.717, 1.165) is 12.2 Å². The van der Waals surface area contributed by atoms with Gasteiger partial charge in [-0.1, -0.05) is 30.3 Å². The first-order chi connectivity index (χ1) is 8.24. The van der Waals surface area contributed by atoms with E-state index in [1.807, 2.05) is 6.07 Å². The van der Waals surface area contributed by atoms with E-state index in [1.165, 1.54) is 16.3 Å². The van der Waals surface area contributed by atoms with Crippen LogP contribution >= 0.6 is 0 Å². The highest BCUT2D eigenvalue weighted by Crippen LogP contribution is 2.24. The smallest absolute Gasteiger partial charge is 0.119 e. The molecular weight excluding hydrogens is 210 g/mol. The molecule has 2 aromatic carbocycles. The Morgan fingerprint density at radius 2 is 2.18 bits per heavy atom. The van der Waals surface area contributed by atoms with E-state index < -0.39 is 0 Å². The Labute approximate surface area is 102 Å². The molecule has 0 aliphatic heterocycles. The topological polar surface area (TPSA) is 35.2 Å². The molecule has 0 aliphatic rings. The Kier molecular flexibility index (Phi) is 3.45. The molecule has 0 fully saturated rings. The Balaban J connectivity index is 2.50. The lowest BCUT2D eigenvalue weighted by Gasteiger charge is -2.10. The fourth-order valence-corrected chi connectivity index (χ4v) is 1.96. The molecule has 2 nitrogen and oxygen atoms in total. The summed E-state index contributed by atoms with van der Waals surface area (Å²) in [7, 11) is 1.68. The summed E-state index contributed by atoms with van der Waals surface area (Å²) in [5, 5.41) is 2.41. The molecule has 0 heterocycles. The van der Waals surface area contributed by atoms with Crippen molar-refractivity contribution in [3.8, 4) is 5.75 Å². The summed E-state index contributed by atoms with van der Waals surface area (Å²) >= 11 is 0. The van der Waals surface area contributed by atoms with E-state index in [4.69, 9.17) is 10.5 Å². The summed E-state index contributed by atoms with van der Waals surface area (Å²) in [6.07, 6.45) is 2.58. The number of hydrogen-bond acceptors (Lipinski definition) is 2. The number of ether oxygens (including phenoxy) is 1. The second kappa shape index (κ2) is 5.02. The predicted molar refractivity (Wildman–Crippen MR) is 72.4 cm³/mol. The minimum absolute atomic E-state index is 0.00759. The van der Waals surface area contributed by atoms with Crippen molar-refractivity contribution in [1.29, 1.82) is 0 Å². The Morgan fingerprint density at radius 3 is 2.88 bits per heavy atom. The van der Waals surface area contributed by atoms with Crippen molar-refractivity contribution in [2.45, 2.75) is 12.5 Å². The monoisotopic (exact) mass is 227 g/mol. The van der Waals surface area contributed by atoms with Crippen LogP contribution in [-0.2, 0) is 6.42 Å². The van der Waals surface area contributed by atoms with Crippen molar-refractivity contribution in [2.75, 3.05) is 7.11 Å². The maximum atomic E-state index is 5.92. The van der Waals surface area contributed by atoms with E-state index in [9.17, 15) is 0 Å². The molecule has 0 aromatic heterocycles. The summed E-state index contributed by atoms with van der Waals surface area (Å²) in [5.41, 5.74) is 7.15. The third kappa shape index (κ3) is 2.48. The van der Waals surface area contributed by atoms with E-state index >= 15 is 0 Å². The molecule has 88 valence electrons. The summed E-state index contributed by atoms with van der Waals surface area (Å²) in [6.45, 7) is 3.72. The Hall–Kier alpha value is -1.80. The molecule has 0 radical (unpaired) electrons. The van der Waals surface area contributed by atoms with Gasteiger partial charge in [0.1, 0.15) is 5.75 Å². The van der Waals surface area contributed by atoms with Gasteiger partial charge in [0.25, 0.3) is 0 Å². The molecule has 2 rings (SSSR count). The normalized spacial score (nSPS) is 12.4. The number of rotatable bonds is 4. The van der Waals surface area contributed by atoms with Crippen LogP contribution in [0.3, 0.4) is 0 Å². The average Bonchev–Trinajstić information content (AvgIpc) is 2.38. The van der Waals surface area contributed by atoms with E-state index in [-0.39, 0.29) is 6.04 Å². The first-order valence-electron chi connectivity index (χ1n) is 5.68. The zero-order valence-electron chi connectivity index (χ0n) is 10.0. The second-order valence-corrected chi connectivity index (χ2v) is 4.11. The van der Waals surface area contributed by atoms with Gasteiger partial charge in [0.2, 0.25) is 0 Å². The van der Waals surface area contributed by atoms with Crippen LogP contribution in [0.1, 0.15) is 5.56 Å². The van der Waals surface area contributed by atoms with Crippen molar-refractivity contribution in [2.24, 2.45) is 5.73 Å². The molecule has 2 aromatic rings. The quantitative estimate of drug-likeness (QED) is 0.815. The van der Waals surface area contributed by atoms with Crippen molar-refractivity contribution >= 4 is 10.8 Å². The van der Waals surface area contributed by atoms with Gasteiger partial charge in [0, 0.05) is 6.04 Å². The lowest BCUT2D eigenvalue weighted by atomic mass is 9.99. The van der Waals surface area contributed by atoms with Crippen LogP contribution in [0.25, 0.3) is 10.8 Å². The van der Waals surface area contributed by atoms with Gasteiger partial charge < -0.3 is 10.5 Å². The van der Waals surface area contributed by atoms with Gasteiger partial charge in [-0.15, -0.1) is 6.58 Å². The van der Waals surface area contributed by atoms with Crippen LogP contribution in [-0.4, -0.2) is 13.2 Å². The standard InChI is InChI=1S/C15H17NO/c1-3-13(16)9-12-6-4-5-11-7-8-14(17-2)10-15(11)12/h3-8,10,13H,1,9,16H2,2H3. The minimum Gasteiger partial charge on any atom is -0.497 e. The minimum atomic E-state index is -0.00759. The molecule has 2 N–H and O–H groups in total. The number of benzene rings is 2. The summed E-state index contributed by atoms with van der Waals surface area (Å²) in [4.78, 5) is 0. The van der Waals surface area contributed by atoms with Crippen molar-refractivity contribution < 1.29 is 4.74 Å². The lowest BCUT2D eigenvalue weighted by molar-refractivity contribution is 0.415. The zero-order valence-corrected chi connectivity index (χ0v) is 10.0. The van der Waals surface area contributed by atoms with Crippen LogP contribution < -0.4 is 10.5 Å². The Bertz CT molecular complexity index is 533. The van der Waals surface area contributed by atoms with Crippen molar-refractivity contribution in [3.05, 3.63) is 54.6 Å². The van der Waals surface area contributed by atoms with Crippen LogP contribution in [0.5, 0.6) is 5.75 Å². The molecule has 2 heteroatoms. The molecule has 1 atom stereocenters. The van der Waals surface area contributed by atoms with Crippen LogP contribution in [0.15, 0.2) is 49.1 Å². The van der Waals surface area contributed by atoms with Gasteiger partial charge in [-0.05, 0) is 34.9 Å². The SMILES string of the molecule is C=CC(N)Cc1cccc2ccc(OC)cc12. The number of nitrogens with two attached hydrogens (primary N) is 1. The van der Waals surface area contributed by atoms with E-state index in [0.29, 0.717) is 0 Å². The largest absolute Gasteiger partial charge is 0.497 e. The second-order valence-electron chi connectivity index (χ2n) is 4.11. The highest BCUT2D eigenvalue weighted by Gasteiger charge is 2.05. The molecule has 0 aliphatic carbocycles. The Morgan fingerprint density at radius 1 is 1.35 bits per heavy atom. The van der Waals surface area contributed by atoms with Crippen LogP contribution in [0.2, 0.25) is 0 Å². The molecule has 0 saturated carbocycles. The highest BCUT2D eigenvalue weighted by molar-refractivity contribution is 5.87. The van der Waals surface area contributed by atoms with Crippen LogP contribution in [0.4, 0.5) is 0 Å². The van der Waals surface area contributed by atoms with E-state index in [2.05, 4.69) is 36.9 Å². The molecule has 0 bridgehead atoms. The number of hydrogen-bond donors (Lipinski definition) is 1. The third-order valence-corrected chi connectivity index (χ3v) is 2.94. The first kappa shape index (κ1) is 11.7. The average molecular weight is 227 g/mol. The van der Waals surface area contributed by atoms with Gasteiger partial charge >= 0.3 is 0 Å². The summed E-state index contributed by atoms with van der Waals surface area (Å²) < 4.78 is 5.26. The maximum Gasteiger partial charge on any atom is 0.119 e. The molecule has 0 amide bonds. The van der Waals surface area contributed by atoms with Gasteiger partial charge in [0.15, 0.2) is 0 Å². The van der Waals surface area contributed by atoms with Crippen molar-refractivity contribution in [1.82, 2.24) is 0 Å². The lowest BCUT2D eigenvalue weighted by Crippen LogP contribution is -2.19. The first-order valence-corrected chi connectivity index (χ1v) is 5.68. The number of fused-ring (bicyclic) bond motifs is 1. The number of methoxy groups -OCH3 is 1. The molecular formula is C15H17NO. The summed E-state index contributed by atoms with van der Waals surface area (Å²) in [5.74, 6) is 0.872. The molecule has 1 unspecified atom stereocenters. The van der Waals surface area contributed by atoms with Crippen LogP contribution in [0, 0.1) is 0 Å². The highest BCUT2D eigenvalue weighted by atomic mass is 16.5. The summed E-state index contributed by atoms with van der Waals surface area (Å²) in [6, 6.07) is 12.3. The maximum absolute atomic E-state index is 5.92.